The van der Waals surface area contributed by atoms with Crippen LogP contribution in [0.25, 0.3) is 0 Å². The van der Waals surface area contributed by atoms with Crippen LogP contribution in [0.5, 0.6) is 5.75 Å². The maximum Gasteiger partial charge on any atom is 0.224 e. The van der Waals surface area contributed by atoms with Crippen LogP contribution in [0, 0.1) is 11.7 Å². The number of allylic oxidation sites excluding steroid dienone is 2. The number of amides is 1. The van der Waals surface area contributed by atoms with E-state index in [0.717, 1.165) is 32.1 Å². The second-order valence-corrected chi connectivity index (χ2v) is 6.88. The van der Waals surface area contributed by atoms with Crippen molar-refractivity contribution in [3.63, 3.8) is 0 Å². The van der Waals surface area contributed by atoms with Crippen LogP contribution in [0.2, 0.25) is 0 Å². The molecule has 3 rings (SSSR count). The zero-order valence-corrected chi connectivity index (χ0v) is 14.7. The molecular formula is C20H27FN2O2. The van der Waals surface area contributed by atoms with Gasteiger partial charge in [-0.2, -0.15) is 0 Å². The summed E-state index contributed by atoms with van der Waals surface area (Å²) in [5.41, 5.74) is 0. The topological polar surface area (TPSA) is 32.8 Å². The van der Waals surface area contributed by atoms with Crippen molar-refractivity contribution >= 4 is 5.91 Å². The van der Waals surface area contributed by atoms with E-state index in [1.54, 1.807) is 12.1 Å². The van der Waals surface area contributed by atoms with Crippen molar-refractivity contribution < 1.29 is 13.9 Å². The lowest BCUT2D eigenvalue weighted by Gasteiger charge is -2.27. The molecule has 4 nitrogen and oxygen atoms in total. The van der Waals surface area contributed by atoms with E-state index in [-0.39, 0.29) is 11.7 Å². The van der Waals surface area contributed by atoms with Crippen LogP contribution in [0.4, 0.5) is 4.39 Å². The molecule has 5 heteroatoms. The number of ether oxygens (including phenoxy) is 1. The lowest BCUT2D eigenvalue weighted by Crippen LogP contribution is -2.37. The predicted molar refractivity (Wildman–Crippen MR) is 96.0 cm³/mol. The molecule has 25 heavy (non-hydrogen) atoms. The van der Waals surface area contributed by atoms with Gasteiger partial charge in [-0.15, -0.1) is 0 Å². The first-order valence-corrected chi connectivity index (χ1v) is 9.24. The van der Waals surface area contributed by atoms with Crippen LogP contribution in [0.3, 0.4) is 0 Å². The molecule has 0 radical (unpaired) electrons. The maximum atomic E-state index is 12.9. The average Bonchev–Trinajstić information content (AvgIpc) is 2.80. The van der Waals surface area contributed by atoms with Crippen molar-refractivity contribution in [2.45, 2.75) is 25.7 Å². The van der Waals surface area contributed by atoms with E-state index in [1.165, 1.54) is 31.4 Å². The van der Waals surface area contributed by atoms with Crippen molar-refractivity contribution in [2.24, 2.45) is 5.92 Å². The molecule has 0 aromatic heterocycles. The molecule has 1 fully saturated rings. The highest BCUT2D eigenvalue weighted by Gasteiger charge is 2.22. The molecule has 1 amide bonds. The number of hydrogen-bond acceptors (Lipinski definition) is 3. The Morgan fingerprint density at radius 2 is 1.96 bits per heavy atom. The summed E-state index contributed by atoms with van der Waals surface area (Å²) in [5, 5.41) is 0. The predicted octanol–water partition coefficient (Wildman–Crippen LogP) is 3.10. The van der Waals surface area contributed by atoms with Gasteiger partial charge in [0.2, 0.25) is 5.91 Å². The Labute approximate surface area is 149 Å². The van der Waals surface area contributed by atoms with Crippen molar-refractivity contribution in [1.82, 2.24) is 9.80 Å². The van der Waals surface area contributed by atoms with Crippen molar-refractivity contribution in [1.29, 1.82) is 0 Å². The van der Waals surface area contributed by atoms with E-state index in [1.807, 2.05) is 4.90 Å². The Bertz CT molecular complexity index is 588. The molecule has 0 bridgehead atoms. The number of nitrogens with zero attached hydrogens (tertiary/aromatic N) is 2. The number of carbonyl (C=O) groups is 1. The fourth-order valence-electron chi connectivity index (χ4n) is 3.52. The minimum absolute atomic E-state index is 0.203. The molecule has 1 heterocycles. The Balaban J connectivity index is 1.42. The molecular weight excluding hydrogens is 319 g/mol. The van der Waals surface area contributed by atoms with Gasteiger partial charge in [-0.05, 0) is 49.4 Å². The SMILES string of the molecule is O=C1CCN(C[C@@H]2CC=CCC2)CCN1CCOc1ccc(F)cc1. The third-order valence-corrected chi connectivity index (χ3v) is 5.02. The molecule has 1 aromatic carbocycles. The molecule has 1 aliphatic carbocycles. The number of benzene rings is 1. The van der Waals surface area contributed by atoms with Crippen LogP contribution < -0.4 is 4.74 Å². The van der Waals surface area contributed by atoms with Crippen LogP contribution in [0.15, 0.2) is 36.4 Å². The highest BCUT2D eigenvalue weighted by atomic mass is 19.1. The maximum absolute atomic E-state index is 12.9. The monoisotopic (exact) mass is 346 g/mol. The zero-order chi connectivity index (χ0) is 17.5. The first kappa shape index (κ1) is 17.9. The van der Waals surface area contributed by atoms with Crippen molar-refractivity contribution in [3.8, 4) is 5.75 Å². The number of hydrogen-bond donors (Lipinski definition) is 0. The van der Waals surface area contributed by atoms with Gasteiger partial charge in [-0.25, -0.2) is 4.39 Å². The Morgan fingerprint density at radius 1 is 1.12 bits per heavy atom. The largest absolute Gasteiger partial charge is 0.492 e. The Hall–Kier alpha value is -1.88. The highest BCUT2D eigenvalue weighted by Crippen LogP contribution is 2.20. The van der Waals surface area contributed by atoms with E-state index in [4.69, 9.17) is 4.74 Å². The van der Waals surface area contributed by atoms with Crippen molar-refractivity contribution in [2.75, 3.05) is 39.3 Å². The lowest BCUT2D eigenvalue weighted by molar-refractivity contribution is -0.130. The smallest absolute Gasteiger partial charge is 0.224 e. The van der Waals surface area contributed by atoms with Crippen LogP contribution in [-0.4, -0.2) is 55.0 Å². The summed E-state index contributed by atoms with van der Waals surface area (Å²) in [6.07, 6.45) is 8.75. The van der Waals surface area contributed by atoms with E-state index in [9.17, 15) is 9.18 Å². The van der Waals surface area contributed by atoms with E-state index in [2.05, 4.69) is 17.1 Å². The van der Waals surface area contributed by atoms with Gasteiger partial charge in [0.25, 0.3) is 0 Å². The molecule has 1 aromatic rings. The summed E-state index contributed by atoms with van der Waals surface area (Å²) >= 11 is 0. The molecule has 1 saturated heterocycles. The van der Waals surface area contributed by atoms with Gasteiger partial charge in [0.15, 0.2) is 0 Å². The molecule has 0 unspecified atom stereocenters. The summed E-state index contributed by atoms with van der Waals surface area (Å²) < 4.78 is 18.5. The molecule has 0 N–H and O–H groups in total. The fraction of sp³-hybridized carbons (Fsp3) is 0.550. The minimum Gasteiger partial charge on any atom is -0.492 e. The number of rotatable bonds is 6. The zero-order valence-electron chi connectivity index (χ0n) is 14.7. The second-order valence-electron chi connectivity index (χ2n) is 6.88. The van der Waals surface area contributed by atoms with Gasteiger partial charge >= 0.3 is 0 Å². The van der Waals surface area contributed by atoms with Crippen molar-refractivity contribution in [3.05, 3.63) is 42.2 Å². The third-order valence-electron chi connectivity index (χ3n) is 5.02. The Kier molecular flexibility index (Phi) is 6.45. The molecule has 1 atom stereocenters. The minimum atomic E-state index is -0.274. The summed E-state index contributed by atoms with van der Waals surface area (Å²) in [6, 6.07) is 5.98. The third kappa shape index (κ3) is 5.56. The van der Waals surface area contributed by atoms with E-state index in [0.29, 0.717) is 25.3 Å². The molecule has 136 valence electrons. The highest BCUT2D eigenvalue weighted by molar-refractivity contribution is 5.76. The molecule has 1 aliphatic heterocycles. The first-order valence-electron chi connectivity index (χ1n) is 9.24. The standard InChI is InChI=1S/C20H27FN2O2/c21-18-6-8-19(9-7-18)25-15-14-23-13-12-22(11-10-20(23)24)16-17-4-2-1-3-5-17/h1-2,6-9,17H,3-5,10-16H2/t17-/m1/s1. The first-order chi connectivity index (χ1) is 12.2. The van der Waals surface area contributed by atoms with Gasteiger partial charge in [0.05, 0.1) is 6.54 Å². The van der Waals surface area contributed by atoms with E-state index >= 15 is 0 Å². The summed E-state index contributed by atoms with van der Waals surface area (Å²) in [4.78, 5) is 16.6. The van der Waals surface area contributed by atoms with Gasteiger partial charge in [-0.3, -0.25) is 4.79 Å². The summed E-state index contributed by atoms with van der Waals surface area (Å²) in [6.45, 7) is 4.66. The van der Waals surface area contributed by atoms with E-state index < -0.39 is 0 Å². The van der Waals surface area contributed by atoms with Crippen LogP contribution in [0.1, 0.15) is 25.7 Å². The molecule has 0 spiro atoms. The fourth-order valence-corrected chi connectivity index (χ4v) is 3.52. The summed E-state index contributed by atoms with van der Waals surface area (Å²) in [7, 11) is 0. The van der Waals surface area contributed by atoms with Gasteiger partial charge < -0.3 is 14.5 Å². The lowest BCUT2D eigenvalue weighted by atomic mass is 9.94. The van der Waals surface area contributed by atoms with Crippen LogP contribution >= 0.6 is 0 Å². The van der Waals surface area contributed by atoms with Gasteiger partial charge in [0, 0.05) is 32.6 Å². The quantitative estimate of drug-likeness (QED) is 0.742. The molecule has 2 aliphatic rings. The second kappa shape index (κ2) is 8.99. The summed E-state index contributed by atoms with van der Waals surface area (Å²) in [5.74, 6) is 1.29. The Morgan fingerprint density at radius 3 is 2.72 bits per heavy atom. The van der Waals surface area contributed by atoms with Crippen LogP contribution in [-0.2, 0) is 4.79 Å². The average molecular weight is 346 g/mol. The molecule has 0 saturated carbocycles. The number of halogens is 1. The number of carbonyl (C=O) groups excluding carboxylic acids is 1. The normalized spacial score (nSPS) is 22.0. The van der Waals surface area contributed by atoms with Gasteiger partial charge in [0.1, 0.15) is 18.2 Å². The van der Waals surface area contributed by atoms with Gasteiger partial charge in [-0.1, -0.05) is 12.2 Å².